The first-order valence-electron chi connectivity index (χ1n) is 6.65. The van der Waals surface area contributed by atoms with E-state index in [4.69, 9.17) is 5.73 Å². The van der Waals surface area contributed by atoms with Gasteiger partial charge in [0.25, 0.3) is 0 Å². The molecule has 0 heterocycles. The van der Waals surface area contributed by atoms with E-state index in [0.29, 0.717) is 0 Å². The average Bonchev–Trinajstić information content (AvgIpc) is 3.26. The molecule has 106 valence electrons. The van der Waals surface area contributed by atoms with Crippen molar-refractivity contribution in [1.29, 1.82) is 0 Å². The molecule has 0 aliphatic heterocycles. The van der Waals surface area contributed by atoms with Gasteiger partial charge in [-0.05, 0) is 74.9 Å². The lowest BCUT2D eigenvalue weighted by Gasteiger charge is -2.06. The molecule has 0 bridgehead atoms. The molecule has 3 N–H and O–H groups in total. The number of nitrogens with one attached hydrogen (secondary N) is 1. The van der Waals surface area contributed by atoms with Crippen LogP contribution in [0.1, 0.15) is 12.8 Å². The maximum Gasteiger partial charge on any atom is 0.0484 e. The van der Waals surface area contributed by atoms with E-state index in [0.717, 1.165) is 27.1 Å². The first kappa shape index (κ1) is 15.4. The smallest absolute Gasteiger partial charge is 0.0484 e. The summed E-state index contributed by atoms with van der Waals surface area (Å²) in [4.78, 5) is 0. The molecule has 3 rings (SSSR count). The first-order valence-corrected chi connectivity index (χ1v) is 8.24. The fourth-order valence-electron chi connectivity index (χ4n) is 1.66. The third-order valence-electron chi connectivity index (χ3n) is 3.06. The van der Waals surface area contributed by atoms with E-state index in [1.54, 1.807) is 0 Å². The van der Waals surface area contributed by atoms with E-state index >= 15 is 0 Å². The zero-order valence-electron chi connectivity index (χ0n) is 11.2. The van der Waals surface area contributed by atoms with Gasteiger partial charge in [0, 0.05) is 26.9 Å². The standard InChI is InChI=1S/C10H12BrN.C6H6BrN/c11-9-3-1-2-4-10(9)12-7-8-5-6-8;7-5-3-1-2-4-6(5)8/h1-4,8,12H,5-7H2;1-4H,8H2. The lowest BCUT2D eigenvalue weighted by Crippen LogP contribution is -2.03. The summed E-state index contributed by atoms with van der Waals surface area (Å²) in [6, 6.07) is 15.9. The lowest BCUT2D eigenvalue weighted by molar-refractivity contribution is 0.888. The van der Waals surface area contributed by atoms with Gasteiger partial charge in [-0.3, -0.25) is 0 Å². The highest BCUT2D eigenvalue weighted by Gasteiger charge is 2.20. The van der Waals surface area contributed by atoms with Crippen LogP contribution in [0.5, 0.6) is 0 Å². The Morgan fingerprint density at radius 1 is 0.950 bits per heavy atom. The minimum Gasteiger partial charge on any atom is -0.398 e. The molecule has 2 aromatic rings. The third-order valence-corrected chi connectivity index (χ3v) is 4.47. The van der Waals surface area contributed by atoms with Crippen molar-refractivity contribution in [3.63, 3.8) is 0 Å². The Morgan fingerprint density at radius 2 is 1.55 bits per heavy atom. The van der Waals surface area contributed by atoms with Gasteiger partial charge in [-0.25, -0.2) is 0 Å². The number of nitrogen functional groups attached to an aromatic ring is 1. The SMILES string of the molecule is Brc1ccccc1NCC1CC1.Nc1ccccc1Br. The molecule has 2 nitrogen and oxygen atoms in total. The van der Waals surface area contributed by atoms with Crippen molar-refractivity contribution in [3.05, 3.63) is 57.5 Å². The highest BCUT2D eigenvalue weighted by Crippen LogP contribution is 2.30. The normalized spacial score (nSPS) is 13.3. The van der Waals surface area contributed by atoms with E-state index in [1.165, 1.54) is 18.5 Å². The van der Waals surface area contributed by atoms with Crippen molar-refractivity contribution in [2.24, 2.45) is 5.92 Å². The van der Waals surface area contributed by atoms with Gasteiger partial charge in [0.1, 0.15) is 0 Å². The molecule has 0 unspecified atom stereocenters. The maximum atomic E-state index is 5.47. The second-order valence-corrected chi connectivity index (χ2v) is 6.53. The molecule has 4 heteroatoms. The molecule has 1 aliphatic rings. The topological polar surface area (TPSA) is 38.0 Å². The second kappa shape index (κ2) is 7.70. The Labute approximate surface area is 137 Å². The minimum atomic E-state index is 0.785. The van der Waals surface area contributed by atoms with E-state index in [2.05, 4.69) is 55.4 Å². The van der Waals surface area contributed by atoms with Gasteiger partial charge >= 0.3 is 0 Å². The van der Waals surface area contributed by atoms with E-state index in [-0.39, 0.29) is 0 Å². The van der Waals surface area contributed by atoms with E-state index in [1.807, 2.05) is 30.3 Å². The number of halogens is 2. The van der Waals surface area contributed by atoms with Crippen LogP contribution in [0.2, 0.25) is 0 Å². The molecular formula is C16H18Br2N2. The Hall–Kier alpha value is -1.000. The third kappa shape index (κ3) is 5.17. The average molecular weight is 398 g/mol. The van der Waals surface area contributed by atoms with Gasteiger partial charge in [0.05, 0.1) is 0 Å². The summed E-state index contributed by atoms with van der Waals surface area (Å²) in [5.74, 6) is 0.928. The van der Waals surface area contributed by atoms with Crippen molar-refractivity contribution in [3.8, 4) is 0 Å². The Morgan fingerprint density at radius 3 is 2.05 bits per heavy atom. The number of nitrogens with two attached hydrogens (primary N) is 1. The van der Waals surface area contributed by atoms with Crippen molar-refractivity contribution in [1.82, 2.24) is 0 Å². The highest BCUT2D eigenvalue weighted by atomic mass is 79.9. The predicted octanol–water partition coefficient (Wildman–Crippen LogP) is 5.30. The fourth-order valence-corrected chi connectivity index (χ4v) is 2.37. The molecule has 1 aliphatic carbocycles. The number of anilines is 2. The molecule has 1 fully saturated rings. The van der Waals surface area contributed by atoms with Gasteiger partial charge in [-0.15, -0.1) is 0 Å². The molecule has 0 aromatic heterocycles. The number of hydrogen-bond acceptors (Lipinski definition) is 2. The van der Waals surface area contributed by atoms with Crippen LogP contribution in [-0.2, 0) is 0 Å². The lowest BCUT2D eigenvalue weighted by atomic mass is 10.3. The van der Waals surface area contributed by atoms with Crippen LogP contribution in [0.3, 0.4) is 0 Å². The Balaban J connectivity index is 0.000000160. The molecule has 20 heavy (non-hydrogen) atoms. The predicted molar refractivity (Wildman–Crippen MR) is 93.9 cm³/mol. The molecular weight excluding hydrogens is 380 g/mol. The van der Waals surface area contributed by atoms with Crippen molar-refractivity contribution in [2.75, 3.05) is 17.6 Å². The molecule has 0 amide bonds. The van der Waals surface area contributed by atoms with Crippen LogP contribution in [-0.4, -0.2) is 6.54 Å². The molecule has 2 aromatic carbocycles. The summed E-state index contributed by atoms with van der Waals surface area (Å²) >= 11 is 6.77. The van der Waals surface area contributed by atoms with Crippen LogP contribution >= 0.6 is 31.9 Å². The van der Waals surface area contributed by atoms with Gasteiger partial charge in [-0.2, -0.15) is 0 Å². The van der Waals surface area contributed by atoms with Crippen LogP contribution in [0.25, 0.3) is 0 Å². The summed E-state index contributed by atoms with van der Waals surface area (Å²) in [5.41, 5.74) is 7.47. The summed E-state index contributed by atoms with van der Waals surface area (Å²) in [5, 5.41) is 3.43. The van der Waals surface area contributed by atoms with E-state index < -0.39 is 0 Å². The van der Waals surface area contributed by atoms with Crippen LogP contribution in [0.4, 0.5) is 11.4 Å². The number of benzene rings is 2. The zero-order valence-corrected chi connectivity index (χ0v) is 14.3. The second-order valence-electron chi connectivity index (χ2n) is 4.83. The number of para-hydroxylation sites is 2. The summed E-state index contributed by atoms with van der Waals surface area (Å²) in [6.07, 6.45) is 2.80. The minimum absolute atomic E-state index is 0.785. The maximum absolute atomic E-state index is 5.47. The molecule has 0 spiro atoms. The van der Waals surface area contributed by atoms with Crippen LogP contribution in [0, 0.1) is 5.92 Å². The monoisotopic (exact) mass is 396 g/mol. The number of rotatable bonds is 3. The van der Waals surface area contributed by atoms with Crippen molar-refractivity contribution < 1.29 is 0 Å². The molecule has 0 saturated heterocycles. The van der Waals surface area contributed by atoms with E-state index in [9.17, 15) is 0 Å². The molecule has 0 radical (unpaired) electrons. The van der Waals surface area contributed by atoms with Gasteiger partial charge in [0.15, 0.2) is 0 Å². The zero-order chi connectivity index (χ0) is 14.4. The van der Waals surface area contributed by atoms with Crippen LogP contribution < -0.4 is 11.1 Å². The highest BCUT2D eigenvalue weighted by molar-refractivity contribution is 9.11. The quantitative estimate of drug-likeness (QED) is 0.689. The molecule has 0 atom stereocenters. The van der Waals surface area contributed by atoms with Gasteiger partial charge in [0.2, 0.25) is 0 Å². The summed E-state index contributed by atoms with van der Waals surface area (Å²) in [6.45, 7) is 1.13. The first-order chi connectivity index (χ1) is 9.66. The fraction of sp³-hybridized carbons (Fsp3) is 0.250. The van der Waals surface area contributed by atoms with Gasteiger partial charge in [-0.1, -0.05) is 24.3 Å². The van der Waals surface area contributed by atoms with Crippen molar-refractivity contribution in [2.45, 2.75) is 12.8 Å². The largest absolute Gasteiger partial charge is 0.398 e. The summed E-state index contributed by atoms with van der Waals surface area (Å²) < 4.78 is 2.12. The van der Waals surface area contributed by atoms with Crippen molar-refractivity contribution >= 4 is 43.2 Å². The molecule has 1 saturated carbocycles. The summed E-state index contributed by atoms with van der Waals surface area (Å²) in [7, 11) is 0. The number of hydrogen-bond donors (Lipinski definition) is 2. The Kier molecular flexibility index (Phi) is 5.92. The Bertz CT molecular complexity index is 533. The van der Waals surface area contributed by atoms with Crippen LogP contribution in [0.15, 0.2) is 57.5 Å². The van der Waals surface area contributed by atoms with Gasteiger partial charge < -0.3 is 11.1 Å².